The van der Waals surface area contributed by atoms with E-state index in [0.717, 1.165) is 5.56 Å². The number of esters is 1. The molecule has 148 valence electrons. The molecule has 0 aliphatic carbocycles. The summed E-state index contributed by atoms with van der Waals surface area (Å²) in [4.78, 5) is 26.1. The van der Waals surface area contributed by atoms with Crippen LogP contribution in [-0.4, -0.2) is 41.6 Å². The van der Waals surface area contributed by atoms with E-state index >= 15 is 0 Å². The molecular formula is C22H25NO5. The Morgan fingerprint density at radius 3 is 2.50 bits per heavy atom. The molecule has 0 fully saturated rings. The maximum atomic E-state index is 12.5. The fraction of sp³-hybridized carbons (Fsp3) is 0.273. The molecule has 6 heteroatoms. The Labute approximate surface area is 165 Å². The number of carbonyl (C=O) groups excluding carboxylic acids is 2. The molecule has 0 aliphatic rings. The van der Waals surface area contributed by atoms with Gasteiger partial charge in [0.25, 0.3) is 5.91 Å². The number of hydrogen-bond acceptors (Lipinski definition) is 5. The molecule has 0 saturated carbocycles. The highest BCUT2D eigenvalue weighted by Gasteiger charge is 2.18. The summed E-state index contributed by atoms with van der Waals surface area (Å²) in [6, 6.07) is 14.3. The molecule has 0 aliphatic heterocycles. The van der Waals surface area contributed by atoms with Gasteiger partial charge in [0.1, 0.15) is 0 Å². The van der Waals surface area contributed by atoms with Crippen LogP contribution in [0.4, 0.5) is 0 Å². The molecule has 0 radical (unpaired) electrons. The molecule has 0 unspecified atom stereocenters. The van der Waals surface area contributed by atoms with E-state index in [1.165, 1.54) is 25.3 Å². The maximum Gasteiger partial charge on any atom is 0.331 e. The Bertz CT molecular complexity index is 830. The zero-order valence-corrected chi connectivity index (χ0v) is 16.3. The first kappa shape index (κ1) is 21.0. The minimum absolute atomic E-state index is 0.0139. The van der Waals surface area contributed by atoms with Gasteiger partial charge in [-0.15, -0.1) is 0 Å². The number of benzene rings is 2. The summed E-state index contributed by atoms with van der Waals surface area (Å²) in [5, 5.41) is 9.58. The van der Waals surface area contributed by atoms with Gasteiger partial charge in [-0.25, -0.2) is 4.79 Å². The maximum absolute atomic E-state index is 12.5. The van der Waals surface area contributed by atoms with E-state index in [9.17, 15) is 14.7 Å². The molecule has 2 aromatic rings. The predicted octanol–water partition coefficient (Wildman–Crippen LogP) is 3.39. The molecule has 0 spiro atoms. The first-order valence-electron chi connectivity index (χ1n) is 8.96. The highest BCUT2D eigenvalue weighted by Crippen LogP contribution is 2.26. The molecule has 2 aromatic carbocycles. The number of amides is 1. The van der Waals surface area contributed by atoms with E-state index in [1.807, 2.05) is 44.2 Å². The van der Waals surface area contributed by atoms with Crippen molar-refractivity contribution in [2.24, 2.45) is 0 Å². The van der Waals surface area contributed by atoms with E-state index in [1.54, 1.807) is 17.0 Å². The topological polar surface area (TPSA) is 76.1 Å². The second kappa shape index (κ2) is 10.2. The zero-order valence-electron chi connectivity index (χ0n) is 16.3. The predicted molar refractivity (Wildman–Crippen MR) is 107 cm³/mol. The van der Waals surface area contributed by atoms with Crippen molar-refractivity contribution in [3.8, 4) is 11.5 Å². The average molecular weight is 383 g/mol. The van der Waals surface area contributed by atoms with Crippen molar-refractivity contribution in [1.29, 1.82) is 0 Å². The minimum atomic E-state index is -0.621. The SMILES string of the molecule is COc1cc(/C=C/C(=O)OCC(=O)N(Cc2ccccc2)C(C)C)ccc1O. The number of hydrogen-bond donors (Lipinski definition) is 1. The Kier molecular flexibility index (Phi) is 7.63. The van der Waals surface area contributed by atoms with Gasteiger partial charge in [0.05, 0.1) is 7.11 Å². The van der Waals surface area contributed by atoms with Gasteiger partial charge in [-0.1, -0.05) is 36.4 Å². The van der Waals surface area contributed by atoms with Crippen molar-refractivity contribution in [2.75, 3.05) is 13.7 Å². The lowest BCUT2D eigenvalue weighted by atomic mass is 10.2. The highest BCUT2D eigenvalue weighted by atomic mass is 16.5. The van der Waals surface area contributed by atoms with Gasteiger partial charge in [0, 0.05) is 18.7 Å². The van der Waals surface area contributed by atoms with Crippen LogP contribution in [0.1, 0.15) is 25.0 Å². The summed E-state index contributed by atoms with van der Waals surface area (Å²) >= 11 is 0. The van der Waals surface area contributed by atoms with Crippen LogP contribution < -0.4 is 4.74 Å². The van der Waals surface area contributed by atoms with E-state index < -0.39 is 5.97 Å². The summed E-state index contributed by atoms with van der Waals surface area (Å²) in [5.41, 5.74) is 1.67. The number of aromatic hydroxyl groups is 1. The number of rotatable bonds is 8. The molecule has 0 heterocycles. The summed E-state index contributed by atoms with van der Waals surface area (Å²) in [6.07, 6.45) is 2.76. The molecule has 2 rings (SSSR count). The molecule has 0 saturated heterocycles. The van der Waals surface area contributed by atoms with E-state index in [4.69, 9.17) is 9.47 Å². The molecule has 1 N–H and O–H groups in total. The zero-order chi connectivity index (χ0) is 20.5. The third-order valence-electron chi connectivity index (χ3n) is 4.09. The number of nitrogens with zero attached hydrogens (tertiary/aromatic N) is 1. The standard InChI is InChI=1S/C22H25NO5/c1-16(2)23(14-18-7-5-4-6-8-18)21(25)15-28-22(26)12-10-17-9-11-19(24)20(13-17)27-3/h4-13,16,24H,14-15H2,1-3H3/b12-10+. The lowest BCUT2D eigenvalue weighted by molar-refractivity contribution is -0.149. The molecule has 0 bridgehead atoms. The van der Waals surface area contributed by atoms with E-state index in [-0.39, 0.29) is 24.3 Å². The molecule has 0 aromatic heterocycles. The van der Waals surface area contributed by atoms with E-state index in [2.05, 4.69) is 0 Å². The normalized spacial score (nSPS) is 10.9. The monoisotopic (exact) mass is 383 g/mol. The van der Waals surface area contributed by atoms with Crippen LogP contribution in [0, 0.1) is 0 Å². The van der Waals surface area contributed by atoms with Crippen molar-refractivity contribution in [3.05, 3.63) is 65.7 Å². The number of carbonyl (C=O) groups is 2. The van der Waals surface area contributed by atoms with Crippen molar-refractivity contribution in [2.45, 2.75) is 26.4 Å². The smallest absolute Gasteiger partial charge is 0.331 e. The van der Waals surface area contributed by atoms with Gasteiger partial charge in [-0.05, 0) is 43.2 Å². The summed E-state index contributed by atoms with van der Waals surface area (Å²) in [6.45, 7) is 3.96. The third kappa shape index (κ3) is 6.16. The van der Waals surface area contributed by atoms with Crippen molar-refractivity contribution in [1.82, 2.24) is 4.90 Å². The lowest BCUT2D eigenvalue weighted by Crippen LogP contribution is -2.39. The Morgan fingerprint density at radius 2 is 1.86 bits per heavy atom. The molecular weight excluding hydrogens is 358 g/mol. The van der Waals surface area contributed by atoms with Crippen molar-refractivity contribution >= 4 is 18.0 Å². The first-order chi connectivity index (χ1) is 13.4. The van der Waals surface area contributed by atoms with E-state index in [0.29, 0.717) is 17.9 Å². The van der Waals surface area contributed by atoms with Gasteiger partial charge < -0.3 is 19.5 Å². The van der Waals surface area contributed by atoms with Gasteiger partial charge in [-0.3, -0.25) is 4.79 Å². The van der Waals surface area contributed by atoms with Gasteiger partial charge in [0.15, 0.2) is 18.1 Å². The van der Waals surface area contributed by atoms with Crippen molar-refractivity contribution in [3.63, 3.8) is 0 Å². The van der Waals surface area contributed by atoms with Crippen LogP contribution in [0.25, 0.3) is 6.08 Å². The number of phenolic OH excluding ortho intramolecular Hbond substituents is 1. The number of methoxy groups -OCH3 is 1. The molecule has 28 heavy (non-hydrogen) atoms. The third-order valence-corrected chi connectivity index (χ3v) is 4.09. The molecule has 1 amide bonds. The number of ether oxygens (including phenoxy) is 2. The quantitative estimate of drug-likeness (QED) is 0.559. The van der Waals surface area contributed by atoms with Crippen molar-refractivity contribution < 1.29 is 24.2 Å². The average Bonchev–Trinajstić information content (AvgIpc) is 2.70. The first-order valence-corrected chi connectivity index (χ1v) is 8.96. The van der Waals surface area contributed by atoms with Gasteiger partial charge in [0.2, 0.25) is 0 Å². The molecule has 6 nitrogen and oxygen atoms in total. The highest BCUT2D eigenvalue weighted by molar-refractivity contribution is 5.89. The largest absolute Gasteiger partial charge is 0.504 e. The van der Waals surface area contributed by atoms with Gasteiger partial charge in [-0.2, -0.15) is 0 Å². The molecule has 0 atom stereocenters. The second-order valence-electron chi connectivity index (χ2n) is 6.47. The summed E-state index contributed by atoms with van der Waals surface area (Å²) < 4.78 is 10.1. The van der Waals surface area contributed by atoms with Crippen LogP contribution in [0.2, 0.25) is 0 Å². The van der Waals surface area contributed by atoms with Crippen LogP contribution in [0.15, 0.2) is 54.6 Å². The fourth-order valence-corrected chi connectivity index (χ4v) is 2.56. The van der Waals surface area contributed by atoms with Crippen LogP contribution in [-0.2, 0) is 20.9 Å². The van der Waals surface area contributed by atoms with Crippen LogP contribution in [0.3, 0.4) is 0 Å². The Morgan fingerprint density at radius 1 is 1.14 bits per heavy atom. The Hall–Kier alpha value is -3.28. The summed E-state index contributed by atoms with van der Waals surface area (Å²) in [5.74, 6) is -0.560. The second-order valence-corrected chi connectivity index (χ2v) is 6.47. The van der Waals surface area contributed by atoms with Crippen LogP contribution in [0.5, 0.6) is 11.5 Å². The number of phenols is 1. The van der Waals surface area contributed by atoms with Gasteiger partial charge >= 0.3 is 5.97 Å². The Balaban J connectivity index is 1.92. The van der Waals surface area contributed by atoms with Crippen LogP contribution >= 0.6 is 0 Å². The lowest BCUT2D eigenvalue weighted by Gasteiger charge is -2.26. The summed E-state index contributed by atoms with van der Waals surface area (Å²) in [7, 11) is 1.44. The minimum Gasteiger partial charge on any atom is -0.504 e. The fourth-order valence-electron chi connectivity index (χ4n) is 2.56.